The molecule has 0 aliphatic carbocycles. The first-order valence-electron chi connectivity index (χ1n) is 5.00. The number of carboxylic acids is 1. The zero-order valence-corrected chi connectivity index (χ0v) is 10.4. The molecule has 18 heavy (non-hydrogen) atoms. The van der Waals surface area contributed by atoms with Crippen molar-refractivity contribution in [1.82, 2.24) is 14.6 Å². The summed E-state index contributed by atoms with van der Waals surface area (Å²) in [7, 11) is 0. The molecule has 7 heteroatoms. The smallest absolute Gasteiger partial charge is 0.354 e. The van der Waals surface area contributed by atoms with Gasteiger partial charge in [0.1, 0.15) is 0 Å². The highest BCUT2D eigenvalue weighted by Gasteiger charge is 2.13. The van der Waals surface area contributed by atoms with Gasteiger partial charge in [-0.1, -0.05) is 17.7 Å². The summed E-state index contributed by atoms with van der Waals surface area (Å²) in [5.41, 5.74) is 0.573. The molecule has 1 N–H and O–H groups in total. The van der Waals surface area contributed by atoms with Gasteiger partial charge < -0.3 is 5.11 Å². The predicted molar refractivity (Wildman–Crippen MR) is 68.3 cm³/mol. The summed E-state index contributed by atoms with van der Waals surface area (Å²) in [5, 5.41) is 13.3. The van der Waals surface area contributed by atoms with Gasteiger partial charge >= 0.3 is 5.97 Å². The van der Waals surface area contributed by atoms with E-state index in [1.807, 2.05) is 6.07 Å². The largest absolute Gasteiger partial charge is 0.477 e. The van der Waals surface area contributed by atoms with Crippen LogP contribution in [0.15, 0.2) is 30.3 Å². The number of carboxylic acid groups (broad SMARTS) is 1. The lowest BCUT2D eigenvalue weighted by Gasteiger charge is -1.96. The van der Waals surface area contributed by atoms with Crippen molar-refractivity contribution in [1.29, 1.82) is 0 Å². The van der Waals surface area contributed by atoms with Crippen LogP contribution in [-0.4, -0.2) is 25.7 Å². The normalized spacial score (nSPS) is 10.9. The van der Waals surface area contributed by atoms with E-state index in [2.05, 4.69) is 10.1 Å². The third kappa shape index (κ3) is 1.75. The van der Waals surface area contributed by atoms with Crippen molar-refractivity contribution in [2.75, 3.05) is 0 Å². The lowest BCUT2D eigenvalue weighted by Crippen LogP contribution is -2.05. The number of carbonyl (C=O) groups is 1. The number of pyridine rings is 1. The van der Waals surface area contributed by atoms with Gasteiger partial charge in [0, 0.05) is 0 Å². The minimum Gasteiger partial charge on any atom is -0.477 e. The number of hydrogen-bond acceptors (Lipinski definition) is 4. The van der Waals surface area contributed by atoms with Crippen LogP contribution in [0.1, 0.15) is 10.5 Å². The molecule has 0 amide bonds. The van der Waals surface area contributed by atoms with Crippen molar-refractivity contribution in [2.24, 2.45) is 0 Å². The van der Waals surface area contributed by atoms with Crippen LogP contribution in [0, 0.1) is 0 Å². The maximum atomic E-state index is 11.1. The maximum Gasteiger partial charge on any atom is 0.354 e. The fraction of sp³-hybridized carbons (Fsp3) is 0. The fourth-order valence-corrected chi connectivity index (χ4v) is 2.58. The monoisotopic (exact) mass is 279 g/mol. The van der Waals surface area contributed by atoms with Gasteiger partial charge in [0.15, 0.2) is 17.2 Å². The van der Waals surface area contributed by atoms with Crippen LogP contribution in [-0.2, 0) is 0 Å². The minimum absolute atomic E-state index is 0.0777. The zero-order valence-electron chi connectivity index (χ0n) is 8.87. The molecule has 0 atom stereocenters. The summed E-state index contributed by atoms with van der Waals surface area (Å²) >= 11 is 7.20. The number of nitrogens with zero attached hydrogens (tertiary/aromatic N) is 3. The Balaban J connectivity index is 2.22. The Labute approximate surface area is 110 Å². The number of aromatic carboxylic acids is 1. The lowest BCUT2D eigenvalue weighted by atomic mass is 10.3. The molecule has 0 bridgehead atoms. The Kier molecular flexibility index (Phi) is 2.53. The molecule has 0 aliphatic heterocycles. The van der Waals surface area contributed by atoms with E-state index in [1.165, 1.54) is 21.9 Å². The average Bonchev–Trinajstić information content (AvgIpc) is 2.93. The van der Waals surface area contributed by atoms with E-state index < -0.39 is 5.97 Å². The van der Waals surface area contributed by atoms with Crippen molar-refractivity contribution in [3.05, 3.63) is 40.4 Å². The van der Waals surface area contributed by atoms with Gasteiger partial charge in [-0.05, 0) is 24.3 Å². The van der Waals surface area contributed by atoms with Gasteiger partial charge in [-0.25, -0.2) is 14.3 Å². The summed E-state index contributed by atoms with van der Waals surface area (Å²) in [6, 6.07) is 8.39. The Hall–Kier alpha value is -1.92. The summed E-state index contributed by atoms with van der Waals surface area (Å²) in [4.78, 5) is 16.1. The number of thiophene rings is 1. The molecule has 0 radical (unpaired) electrons. The highest BCUT2D eigenvalue weighted by molar-refractivity contribution is 7.19. The molecule has 0 aliphatic rings. The van der Waals surface area contributed by atoms with Gasteiger partial charge in [-0.15, -0.1) is 16.4 Å². The van der Waals surface area contributed by atoms with E-state index in [4.69, 9.17) is 16.7 Å². The third-order valence-corrected chi connectivity index (χ3v) is 3.60. The average molecular weight is 280 g/mol. The van der Waals surface area contributed by atoms with Gasteiger partial charge in [0.25, 0.3) is 0 Å². The minimum atomic E-state index is -1.04. The molecule has 0 saturated carbocycles. The van der Waals surface area contributed by atoms with Crippen molar-refractivity contribution in [3.63, 3.8) is 0 Å². The quantitative estimate of drug-likeness (QED) is 0.783. The molecular weight excluding hydrogens is 274 g/mol. The van der Waals surface area contributed by atoms with Crippen molar-refractivity contribution < 1.29 is 9.90 Å². The molecule has 0 unspecified atom stereocenters. The number of rotatable bonds is 2. The molecular formula is C11H6ClN3O2S. The van der Waals surface area contributed by atoms with Gasteiger partial charge in [-0.3, -0.25) is 0 Å². The van der Waals surface area contributed by atoms with Crippen molar-refractivity contribution >= 4 is 34.6 Å². The van der Waals surface area contributed by atoms with Crippen LogP contribution in [0.2, 0.25) is 4.34 Å². The third-order valence-electron chi connectivity index (χ3n) is 2.37. The first-order chi connectivity index (χ1) is 8.65. The second kappa shape index (κ2) is 4.08. The van der Waals surface area contributed by atoms with Gasteiger partial charge in [0.05, 0.1) is 9.21 Å². The summed E-state index contributed by atoms with van der Waals surface area (Å²) < 4.78 is 1.95. The number of fused-ring (bicyclic) bond motifs is 1. The van der Waals surface area contributed by atoms with Gasteiger partial charge in [-0.2, -0.15) is 0 Å². The topological polar surface area (TPSA) is 67.5 Å². The first kappa shape index (κ1) is 11.2. The molecule has 3 aromatic rings. The SMILES string of the molecule is O=C(O)c1cccc2nc(-c3ccc(Cl)s3)nn12. The Morgan fingerprint density at radius 1 is 1.33 bits per heavy atom. The fourth-order valence-electron chi connectivity index (χ4n) is 1.61. The highest BCUT2D eigenvalue weighted by atomic mass is 35.5. The second-order valence-corrected chi connectivity index (χ2v) is 5.24. The summed E-state index contributed by atoms with van der Waals surface area (Å²) in [5.74, 6) is -0.568. The Morgan fingerprint density at radius 3 is 2.83 bits per heavy atom. The van der Waals surface area contributed by atoms with Crippen LogP contribution >= 0.6 is 22.9 Å². The number of hydrogen-bond donors (Lipinski definition) is 1. The van der Waals surface area contributed by atoms with E-state index in [1.54, 1.807) is 18.2 Å². The first-order valence-corrected chi connectivity index (χ1v) is 6.19. The summed E-state index contributed by atoms with van der Waals surface area (Å²) in [6.45, 7) is 0. The highest BCUT2D eigenvalue weighted by Crippen LogP contribution is 2.29. The molecule has 3 heterocycles. The van der Waals surface area contributed by atoms with E-state index in [9.17, 15) is 4.79 Å². The van der Waals surface area contributed by atoms with E-state index in [-0.39, 0.29) is 5.69 Å². The Morgan fingerprint density at radius 2 is 2.17 bits per heavy atom. The Bertz CT molecular complexity index is 750. The van der Waals surface area contributed by atoms with E-state index >= 15 is 0 Å². The van der Waals surface area contributed by atoms with Crippen molar-refractivity contribution in [3.8, 4) is 10.7 Å². The zero-order chi connectivity index (χ0) is 12.7. The van der Waals surface area contributed by atoms with Crippen LogP contribution in [0.3, 0.4) is 0 Å². The number of aromatic nitrogens is 3. The molecule has 3 rings (SSSR count). The predicted octanol–water partition coefficient (Wildman–Crippen LogP) is 2.81. The molecule has 0 fully saturated rings. The molecule has 3 aromatic heterocycles. The maximum absolute atomic E-state index is 11.1. The van der Waals surface area contributed by atoms with Crippen LogP contribution in [0.5, 0.6) is 0 Å². The van der Waals surface area contributed by atoms with Crippen LogP contribution in [0.4, 0.5) is 0 Å². The van der Waals surface area contributed by atoms with E-state index in [0.717, 1.165) is 4.88 Å². The molecule has 0 aromatic carbocycles. The lowest BCUT2D eigenvalue weighted by molar-refractivity contribution is 0.0687. The van der Waals surface area contributed by atoms with Crippen molar-refractivity contribution in [2.45, 2.75) is 0 Å². The second-order valence-electron chi connectivity index (χ2n) is 3.53. The standard InChI is InChI=1S/C11H6ClN3O2S/c12-8-5-4-7(18-8)10-13-9-3-1-2-6(11(16)17)15(9)14-10/h1-5H,(H,16,17). The van der Waals surface area contributed by atoms with Crippen LogP contribution in [0.25, 0.3) is 16.3 Å². The van der Waals surface area contributed by atoms with Crippen LogP contribution < -0.4 is 0 Å². The molecule has 0 spiro atoms. The number of halogens is 1. The van der Waals surface area contributed by atoms with E-state index in [0.29, 0.717) is 15.8 Å². The molecule has 0 saturated heterocycles. The summed E-state index contributed by atoms with van der Waals surface area (Å²) in [6.07, 6.45) is 0. The van der Waals surface area contributed by atoms with Gasteiger partial charge in [0.2, 0.25) is 0 Å². The molecule has 5 nitrogen and oxygen atoms in total. The molecule has 90 valence electrons.